The van der Waals surface area contributed by atoms with E-state index in [1.54, 1.807) is 0 Å². The molecule has 8 aromatic carbocycles. The molecule has 9 rings (SSSR count). The predicted molar refractivity (Wildman–Crippen MR) is 268 cm³/mol. The highest BCUT2D eigenvalue weighted by molar-refractivity contribution is 6.02. The lowest BCUT2D eigenvalue weighted by atomic mass is 9.77. The summed E-state index contributed by atoms with van der Waals surface area (Å²) in [4.78, 5) is 0. The molecule has 0 aliphatic heterocycles. The van der Waals surface area contributed by atoms with E-state index >= 15 is 0 Å². The van der Waals surface area contributed by atoms with E-state index < -0.39 is 0 Å². The van der Waals surface area contributed by atoms with Crippen molar-refractivity contribution < 1.29 is 0 Å². The minimum Gasteiger partial charge on any atom is -0.382 e. The summed E-state index contributed by atoms with van der Waals surface area (Å²) < 4.78 is 0. The van der Waals surface area contributed by atoms with Gasteiger partial charge in [0.05, 0.1) is 34.1 Å². The highest BCUT2D eigenvalue weighted by Crippen LogP contribution is 2.41. The van der Waals surface area contributed by atoms with E-state index in [1.807, 2.05) is 72.8 Å². The zero-order valence-electron chi connectivity index (χ0n) is 37.3. The standard InChI is InChI=1S/C57H57N7/c1-4-6-7-14-40-21-23-41(24-22-40)42-25-27-43(28-26-42)44-29-31-45(32-30-44)59-60-53-35-36-55(49-18-11-10-17-48(49)53)63-64-57-38-37-56(50-19-12-13-20-51(50)57)62-61-54-34-33-52(58-39(3)5-2)46-15-8-9-16-47(46)54/h8-13,15-20,25-41,58H,4-7,14,21-24H2,1-3H3/b60-59+,62-61+,64-63+. The van der Waals surface area contributed by atoms with Crippen LogP contribution in [0.15, 0.2) is 188 Å². The van der Waals surface area contributed by atoms with Crippen molar-refractivity contribution in [3.63, 3.8) is 0 Å². The van der Waals surface area contributed by atoms with Crippen LogP contribution in [0.25, 0.3) is 43.4 Å². The molecule has 1 fully saturated rings. The van der Waals surface area contributed by atoms with Gasteiger partial charge in [0.2, 0.25) is 0 Å². The number of anilines is 1. The Morgan fingerprint density at radius 2 is 0.875 bits per heavy atom. The van der Waals surface area contributed by atoms with Crippen molar-refractivity contribution in [3.8, 4) is 11.1 Å². The minimum atomic E-state index is 0.371. The summed E-state index contributed by atoms with van der Waals surface area (Å²) in [6, 6.07) is 54.6. The molecule has 0 radical (unpaired) electrons. The summed E-state index contributed by atoms with van der Waals surface area (Å²) in [7, 11) is 0. The van der Waals surface area contributed by atoms with Crippen molar-refractivity contribution in [2.24, 2.45) is 36.6 Å². The molecule has 0 heterocycles. The summed E-state index contributed by atoms with van der Waals surface area (Å²) in [5, 5.41) is 38.1. The van der Waals surface area contributed by atoms with Gasteiger partial charge in [-0.1, -0.05) is 149 Å². The van der Waals surface area contributed by atoms with Crippen LogP contribution in [0.2, 0.25) is 0 Å². The van der Waals surface area contributed by atoms with Crippen molar-refractivity contribution >= 4 is 72.1 Å². The Balaban J connectivity index is 0.887. The second-order valence-electron chi connectivity index (χ2n) is 17.4. The van der Waals surface area contributed by atoms with Crippen LogP contribution in [-0.2, 0) is 0 Å². The van der Waals surface area contributed by atoms with Gasteiger partial charge in [0.25, 0.3) is 0 Å². The summed E-state index contributed by atoms with van der Waals surface area (Å²) in [6.45, 7) is 6.68. The van der Waals surface area contributed by atoms with Crippen molar-refractivity contribution in [2.45, 2.75) is 90.5 Å². The van der Waals surface area contributed by atoms with E-state index in [9.17, 15) is 0 Å². The van der Waals surface area contributed by atoms with Crippen LogP contribution >= 0.6 is 0 Å². The second kappa shape index (κ2) is 20.1. The van der Waals surface area contributed by atoms with Crippen LogP contribution in [-0.4, -0.2) is 6.04 Å². The van der Waals surface area contributed by atoms with Gasteiger partial charge in [-0.25, -0.2) is 0 Å². The molecule has 0 saturated heterocycles. The minimum absolute atomic E-state index is 0.371. The molecular weight excluding hydrogens is 783 g/mol. The molecule has 64 heavy (non-hydrogen) atoms. The van der Waals surface area contributed by atoms with Crippen molar-refractivity contribution in [1.29, 1.82) is 0 Å². The van der Waals surface area contributed by atoms with Gasteiger partial charge in [0.15, 0.2) is 0 Å². The normalized spacial score (nSPS) is 16.2. The third-order valence-electron chi connectivity index (χ3n) is 13.1. The summed E-state index contributed by atoms with van der Waals surface area (Å²) in [5.41, 5.74) is 9.69. The molecule has 7 nitrogen and oxygen atoms in total. The van der Waals surface area contributed by atoms with Gasteiger partial charge < -0.3 is 5.32 Å². The Hall–Kier alpha value is -6.86. The van der Waals surface area contributed by atoms with Gasteiger partial charge in [-0.2, -0.15) is 5.11 Å². The first-order valence-electron chi connectivity index (χ1n) is 23.3. The maximum atomic E-state index is 4.79. The maximum Gasteiger partial charge on any atom is 0.0936 e. The molecular formula is C57H57N7. The van der Waals surface area contributed by atoms with Gasteiger partial charge in [-0.15, -0.1) is 25.6 Å². The highest BCUT2D eigenvalue weighted by Gasteiger charge is 2.22. The van der Waals surface area contributed by atoms with Crippen LogP contribution in [0.4, 0.5) is 39.8 Å². The first-order chi connectivity index (χ1) is 31.5. The third kappa shape index (κ3) is 9.69. The number of unbranched alkanes of at least 4 members (excludes halogenated alkanes) is 2. The van der Waals surface area contributed by atoms with Crippen LogP contribution in [0.3, 0.4) is 0 Å². The lowest BCUT2D eigenvalue weighted by molar-refractivity contribution is 0.303. The first kappa shape index (κ1) is 42.4. The number of nitrogens with zero attached hydrogens (tertiary/aromatic N) is 6. The van der Waals surface area contributed by atoms with Crippen molar-refractivity contribution in [2.75, 3.05) is 5.32 Å². The van der Waals surface area contributed by atoms with Gasteiger partial charge in [0.1, 0.15) is 0 Å². The average molecular weight is 840 g/mol. The molecule has 1 aliphatic carbocycles. The molecule has 0 amide bonds. The largest absolute Gasteiger partial charge is 0.382 e. The number of rotatable bonds is 15. The number of nitrogens with one attached hydrogen (secondary N) is 1. The molecule has 1 saturated carbocycles. The average Bonchev–Trinajstić information content (AvgIpc) is 3.35. The molecule has 1 N–H and O–H groups in total. The molecule has 320 valence electrons. The van der Waals surface area contributed by atoms with Crippen LogP contribution in [0, 0.1) is 5.92 Å². The third-order valence-corrected chi connectivity index (χ3v) is 13.1. The van der Waals surface area contributed by atoms with E-state index in [1.165, 1.54) is 68.1 Å². The Morgan fingerprint density at radius 1 is 0.453 bits per heavy atom. The number of azo groups is 3. The van der Waals surface area contributed by atoms with E-state index in [0.29, 0.717) is 12.0 Å². The van der Waals surface area contributed by atoms with Gasteiger partial charge in [-0.3, -0.25) is 0 Å². The maximum absolute atomic E-state index is 4.79. The monoisotopic (exact) mass is 839 g/mol. The fraction of sp³-hybridized carbons (Fsp3) is 0.263. The summed E-state index contributed by atoms with van der Waals surface area (Å²) in [5.74, 6) is 1.63. The second-order valence-corrected chi connectivity index (χ2v) is 17.4. The topological polar surface area (TPSA) is 86.2 Å². The summed E-state index contributed by atoms with van der Waals surface area (Å²) in [6.07, 6.45) is 12.0. The quantitative estimate of drug-likeness (QED) is 0.0809. The molecule has 0 bridgehead atoms. The summed E-state index contributed by atoms with van der Waals surface area (Å²) >= 11 is 0. The number of fused-ring (bicyclic) bond motifs is 3. The van der Waals surface area contributed by atoms with Crippen LogP contribution in [0.1, 0.15) is 90.0 Å². The Labute approximate surface area is 377 Å². The Bertz CT molecular complexity index is 2940. The number of benzene rings is 8. The van der Waals surface area contributed by atoms with Crippen molar-refractivity contribution in [1.82, 2.24) is 0 Å². The lowest BCUT2D eigenvalue weighted by Gasteiger charge is -2.29. The van der Waals surface area contributed by atoms with Crippen molar-refractivity contribution in [3.05, 3.63) is 163 Å². The molecule has 1 unspecified atom stereocenters. The molecule has 0 spiro atoms. The van der Waals surface area contributed by atoms with E-state index in [4.69, 9.17) is 25.6 Å². The van der Waals surface area contributed by atoms with E-state index in [-0.39, 0.29) is 0 Å². The Morgan fingerprint density at radius 3 is 1.34 bits per heavy atom. The molecule has 1 aliphatic rings. The lowest BCUT2D eigenvalue weighted by Crippen LogP contribution is -2.13. The highest BCUT2D eigenvalue weighted by atomic mass is 15.1. The molecule has 0 aromatic heterocycles. The molecule has 8 aromatic rings. The predicted octanol–water partition coefficient (Wildman–Crippen LogP) is 19.1. The van der Waals surface area contributed by atoms with Gasteiger partial charge in [-0.05, 0) is 116 Å². The molecule has 7 heteroatoms. The zero-order chi connectivity index (χ0) is 43.7. The van der Waals surface area contributed by atoms with Crippen LogP contribution in [0.5, 0.6) is 0 Å². The first-order valence-corrected chi connectivity index (χ1v) is 23.3. The number of hydrogen-bond acceptors (Lipinski definition) is 7. The zero-order valence-corrected chi connectivity index (χ0v) is 37.3. The smallest absolute Gasteiger partial charge is 0.0936 e. The SMILES string of the molecule is CCCCCC1CCC(c2ccc(-c3ccc(/N=N/c4ccc(/N=N/c5ccc(/N=N/c6ccc(NC(C)CC)c7ccccc67)c6ccccc56)c5ccccc45)cc3)cc2)CC1. The fourth-order valence-electron chi connectivity index (χ4n) is 9.21. The fourth-order valence-corrected chi connectivity index (χ4v) is 9.21. The van der Waals surface area contributed by atoms with Gasteiger partial charge in [0, 0.05) is 44.0 Å². The Kier molecular flexibility index (Phi) is 13.3. The number of hydrogen-bond donors (Lipinski definition) is 1. The van der Waals surface area contributed by atoms with Crippen LogP contribution < -0.4 is 5.32 Å². The van der Waals surface area contributed by atoms with Gasteiger partial charge >= 0.3 is 0 Å². The van der Waals surface area contributed by atoms with E-state index in [0.717, 1.165) is 84.5 Å². The van der Waals surface area contributed by atoms with E-state index in [2.05, 4.69) is 116 Å². The molecule has 1 atom stereocenters.